The van der Waals surface area contributed by atoms with E-state index in [1.54, 1.807) is 0 Å². The average molecular weight is 355 g/mol. The minimum atomic E-state index is 0.450. The fourth-order valence-corrected chi connectivity index (χ4v) is 6.61. The Morgan fingerprint density at radius 1 is 1.11 bits per heavy atom. The minimum absolute atomic E-state index is 0.450. The number of nitrogens with one attached hydrogen (secondary N) is 1. The van der Waals surface area contributed by atoms with Crippen LogP contribution in [0, 0.1) is 17.8 Å². The molecule has 0 spiro atoms. The Balaban J connectivity index is 1.61. The Kier molecular flexibility index (Phi) is 2.57. The van der Waals surface area contributed by atoms with Crippen molar-refractivity contribution < 1.29 is 0 Å². The number of hydrogen-bond acceptors (Lipinski definition) is 3. The van der Waals surface area contributed by atoms with Gasteiger partial charge in [0.1, 0.15) is 0 Å². The van der Waals surface area contributed by atoms with Gasteiger partial charge in [-0.05, 0) is 55.9 Å². The molecule has 3 nitrogen and oxygen atoms in total. The maximum atomic E-state index is 4.34. The van der Waals surface area contributed by atoms with Crippen LogP contribution in [0.25, 0.3) is 0 Å². The summed E-state index contributed by atoms with van der Waals surface area (Å²) in [5.74, 6) is 3.64. The zero-order chi connectivity index (χ0) is 12.2. The molecule has 0 aliphatic heterocycles. The van der Waals surface area contributed by atoms with E-state index in [-0.39, 0.29) is 0 Å². The lowest BCUT2D eigenvalue weighted by atomic mass is 9.54. The van der Waals surface area contributed by atoms with Gasteiger partial charge in [-0.1, -0.05) is 22.6 Å². The predicted octanol–water partition coefficient (Wildman–Crippen LogP) is 3.27. The second-order valence-corrected chi connectivity index (χ2v) is 8.48. The third-order valence-corrected chi connectivity index (χ3v) is 6.63. The van der Waals surface area contributed by atoms with Gasteiger partial charge in [0.25, 0.3) is 0 Å². The van der Waals surface area contributed by atoms with E-state index in [9.17, 15) is 0 Å². The molecule has 4 bridgehead atoms. The summed E-state index contributed by atoms with van der Waals surface area (Å²) >= 11 is 2.74. The number of aromatic nitrogens is 2. The van der Waals surface area contributed by atoms with Crippen LogP contribution >= 0.6 is 22.6 Å². The highest BCUT2D eigenvalue weighted by atomic mass is 127. The first-order valence-corrected chi connectivity index (χ1v) is 8.03. The molecule has 1 aromatic rings. The van der Waals surface area contributed by atoms with E-state index in [1.165, 1.54) is 32.1 Å². The third-order valence-electron chi connectivity index (χ3n) is 5.07. The van der Waals surface area contributed by atoms with Crippen LogP contribution in [0.4, 0.5) is 5.95 Å². The number of halogens is 1. The van der Waals surface area contributed by atoms with Crippen molar-refractivity contribution in [3.8, 4) is 0 Å². The average Bonchev–Trinajstić information content (AvgIpc) is 2.34. The molecule has 96 valence electrons. The van der Waals surface area contributed by atoms with Crippen molar-refractivity contribution in [2.24, 2.45) is 17.8 Å². The normalized spacial score (nSPS) is 45.2. The SMILES string of the molecule is IC12CC3CC(CC(C3)C1Nc1ncccn1)C2. The van der Waals surface area contributed by atoms with Crippen LogP contribution in [0.3, 0.4) is 0 Å². The highest BCUT2D eigenvalue weighted by Gasteiger charge is 2.56. The molecule has 0 aromatic carbocycles. The Morgan fingerprint density at radius 2 is 1.78 bits per heavy atom. The van der Waals surface area contributed by atoms with Crippen molar-refractivity contribution in [3.63, 3.8) is 0 Å². The molecule has 0 radical (unpaired) electrons. The first-order valence-electron chi connectivity index (χ1n) is 6.95. The summed E-state index contributed by atoms with van der Waals surface area (Å²) in [6.45, 7) is 0. The second-order valence-electron chi connectivity index (χ2n) is 6.34. The number of rotatable bonds is 2. The lowest BCUT2D eigenvalue weighted by Gasteiger charge is -2.59. The monoisotopic (exact) mass is 355 g/mol. The molecule has 3 unspecified atom stereocenters. The zero-order valence-corrected chi connectivity index (χ0v) is 12.5. The number of alkyl halides is 1. The second kappa shape index (κ2) is 4.05. The van der Waals surface area contributed by atoms with Crippen LogP contribution in [0.5, 0.6) is 0 Å². The molecule has 0 amide bonds. The van der Waals surface area contributed by atoms with Gasteiger partial charge < -0.3 is 5.32 Å². The molecule has 5 rings (SSSR count). The molecule has 4 aliphatic rings. The molecule has 4 fully saturated rings. The van der Waals surface area contributed by atoms with Gasteiger partial charge in [0.05, 0.1) is 0 Å². The standard InChI is InChI=1S/C14H18IN3/c15-14-7-9-4-10(8-14)6-11(5-9)12(14)18-13-16-2-1-3-17-13/h1-3,9-12H,4-8H2,(H,16,17,18). The molecule has 18 heavy (non-hydrogen) atoms. The van der Waals surface area contributed by atoms with Crippen molar-refractivity contribution in [1.82, 2.24) is 9.97 Å². The maximum Gasteiger partial charge on any atom is 0.222 e. The minimum Gasteiger partial charge on any atom is -0.350 e. The number of anilines is 1. The molecule has 1 N–H and O–H groups in total. The van der Waals surface area contributed by atoms with Gasteiger partial charge in [0, 0.05) is 21.9 Å². The molecular formula is C14H18IN3. The Morgan fingerprint density at radius 3 is 2.39 bits per heavy atom. The van der Waals surface area contributed by atoms with E-state index in [2.05, 4.69) is 37.9 Å². The molecule has 4 aliphatic carbocycles. The van der Waals surface area contributed by atoms with Crippen LogP contribution < -0.4 is 5.32 Å². The summed E-state index contributed by atoms with van der Waals surface area (Å²) < 4.78 is 0.450. The van der Waals surface area contributed by atoms with Crippen molar-refractivity contribution in [2.45, 2.75) is 41.6 Å². The van der Waals surface area contributed by atoms with Gasteiger partial charge >= 0.3 is 0 Å². The fraction of sp³-hybridized carbons (Fsp3) is 0.714. The van der Waals surface area contributed by atoms with Crippen LogP contribution in [-0.4, -0.2) is 19.4 Å². The quantitative estimate of drug-likeness (QED) is 0.654. The van der Waals surface area contributed by atoms with E-state index >= 15 is 0 Å². The Hall–Kier alpha value is -0.390. The van der Waals surface area contributed by atoms with E-state index in [4.69, 9.17) is 0 Å². The topological polar surface area (TPSA) is 37.8 Å². The molecule has 4 heteroatoms. The molecule has 1 heterocycles. The number of hydrogen-bond donors (Lipinski definition) is 1. The third kappa shape index (κ3) is 1.75. The molecule has 1 aromatic heterocycles. The highest BCUT2D eigenvalue weighted by Crippen LogP contribution is 2.59. The summed E-state index contributed by atoms with van der Waals surface area (Å²) in [5.41, 5.74) is 0. The van der Waals surface area contributed by atoms with Crippen molar-refractivity contribution in [1.29, 1.82) is 0 Å². The lowest BCUT2D eigenvalue weighted by Crippen LogP contribution is -2.60. The number of nitrogens with zero attached hydrogens (tertiary/aromatic N) is 2. The smallest absolute Gasteiger partial charge is 0.222 e. The summed E-state index contributed by atoms with van der Waals surface area (Å²) in [6.07, 6.45) is 10.8. The molecule has 3 atom stereocenters. The van der Waals surface area contributed by atoms with E-state index in [0.717, 1.165) is 23.7 Å². The van der Waals surface area contributed by atoms with Crippen LogP contribution in [0.1, 0.15) is 32.1 Å². The lowest BCUT2D eigenvalue weighted by molar-refractivity contribution is 0.0334. The van der Waals surface area contributed by atoms with E-state index in [0.29, 0.717) is 9.46 Å². The van der Waals surface area contributed by atoms with E-state index in [1.807, 2.05) is 18.5 Å². The van der Waals surface area contributed by atoms with Gasteiger partial charge in [0.2, 0.25) is 5.95 Å². The highest BCUT2D eigenvalue weighted by molar-refractivity contribution is 14.1. The van der Waals surface area contributed by atoms with Crippen LogP contribution in [0.15, 0.2) is 18.5 Å². The van der Waals surface area contributed by atoms with Gasteiger partial charge in [-0.15, -0.1) is 0 Å². The Labute approximate surface area is 121 Å². The summed E-state index contributed by atoms with van der Waals surface area (Å²) in [6, 6.07) is 2.45. The summed E-state index contributed by atoms with van der Waals surface area (Å²) in [7, 11) is 0. The first-order chi connectivity index (χ1) is 8.73. The van der Waals surface area contributed by atoms with Crippen LogP contribution in [-0.2, 0) is 0 Å². The predicted molar refractivity (Wildman–Crippen MR) is 79.7 cm³/mol. The molecular weight excluding hydrogens is 337 g/mol. The van der Waals surface area contributed by atoms with Gasteiger partial charge in [-0.2, -0.15) is 0 Å². The maximum absolute atomic E-state index is 4.34. The zero-order valence-electron chi connectivity index (χ0n) is 10.3. The van der Waals surface area contributed by atoms with Gasteiger partial charge in [0.15, 0.2) is 0 Å². The fourth-order valence-electron chi connectivity index (χ4n) is 4.70. The van der Waals surface area contributed by atoms with Crippen molar-refractivity contribution in [2.75, 3.05) is 5.32 Å². The summed E-state index contributed by atoms with van der Waals surface area (Å²) in [4.78, 5) is 8.67. The molecule has 4 saturated carbocycles. The van der Waals surface area contributed by atoms with E-state index < -0.39 is 0 Å². The van der Waals surface area contributed by atoms with Crippen LogP contribution in [0.2, 0.25) is 0 Å². The summed E-state index contributed by atoms with van der Waals surface area (Å²) in [5, 5.41) is 3.63. The van der Waals surface area contributed by atoms with Crippen molar-refractivity contribution in [3.05, 3.63) is 18.5 Å². The Bertz CT molecular complexity index is 436. The largest absolute Gasteiger partial charge is 0.350 e. The van der Waals surface area contributed by atoms with Crippen molar-refractivity contribution >= 4 is 28.5 Å². The molecule has 0 saturated heterocycles. The van der Waals surface area contributed by atoms with Gasteiger partial charge in [-0.25, -0.2) is 9.97 Å². The van der Waals surface area contributed by atoms with Gasteiger partial charge in [-0.3, -0.25) is 0 Å². The first kappa shape index (κ1) is 11.4.